The Morgan fingerprint density at radius 2 is 1.94 bits per heavy atom. The monoisotopic (exact) mass is 231 g/mol. The molecule has 2 rings (SSSR count). The van der Waals surface area contributed by atoms with Crippen molar-refractivity contribution >= 4 is 0 Å². The highest BCUT2D eigenvalue weighted by atomic mass is 16.5. The van der Waals surface area contributed by atoms with Crippen LogP contribution in [0.2, 0.25) is 0 Å². The van der Waals surface area contributed by atoms with E-state index in [1.807, 2.05) is 13.0 Å². The maximum absolute atomic E-state index is 5.54. The van der Waals surface area contributed by atoms with Crippen LogP contribution in [0.4, 0.5) is 0 Å². The number of aryl methyl sites for hydroxylation is 2. The molecular weight excluding hydrogens is 214 g/mol. The van der Waals surface area contributed by atoms with E-state index in [1.54, 1.807) is 0 Å². The minimum Gasteiger partial charge on any atom is -0.375 e. The van der Waals surface area contributed by atoms with Gasteiger partial charge < -0.3 is 9.26 Å². The topological polar surface area (TPSA) is 35.3 Å². The first-order valence-corrected chi connectivity index (χ1v) is 5.79. The van der Waals surface area contributed by atoms with Gasteiger partial charge in [0.1, 0.15) is 11.5 Å². The first kappa shape index (κ1) is 11.9. The van der Waals surface area contributed by atoms with E-state index in [-0.39, 0.29) is 0 Å². The van der Waals surface area contributed by atoms with Crippen LogP contribution in [-0.2, 0) is 17.8 Å². The molecule has 0 bridgehead atoms. The fourth-order valence-corrected chi connectivity index (χ4v) is 1.61. The third-order valence-electron chi connectivity index (χ3n) is 2.58. The number of hydrogen-bond acceptors (Lipinski definition) is 3. The molecule has 0 N–H and O–H groups in total. The van der Waals surface area contributed by atoms with Crippen LogP contribution in [0.15, 0.2) is 34.9 Å². The van der Waals surface area contributed by atoms with Crippen LogP contribution < -0.4 is 0 Å². The number of rotatable bonds is 5. The highest BCUT2D eigenvalue weighted by Crippen LogP contribution is 2.06. The molecule has 17 heavy (non-hydrogen) atoms. The highest BCUT2D eigenvalue weighted by molar-refractivity contribution is 5.21. The molecule has 0 fully saturated rings. The first-order valence-electron chi connectivity index (χ1n) is 5.79. The summed E-state index contributed by atoms with van der Waals surface area (Å²) in [5.74, 6) is 0.821. The van der Waals surface area contributed by atoms with Crippen molar-refractivity contribution in [3.05, 3.63) is 52.9 Å². The molecule has 0 aliphatic carbocycles. The summed E-state index contributed by atoms with van der Waals surface area (Å²) in [4.78, 5) is 0. The van der Waals surface area contributed by atoms with Crippen molar-refractivity contribution in [2.75, 3.05) is 6.61 Å². The molecule has 0 aliphatic heterocycles. The van der Waals surface area contributed by atoms with Crippen molar-refractivity contribution in [3.8, 4) is 0 Å². The molecule has 0 amide bonds. The zero-order valence-electron chi connectivity index (χ0n) is 10.3. The largest absolute Gasteiger partial charge is 0.375 e. The Balaban J connectivity index is 1.71. The van der Waals surface area contributed by atoms with Gasteiger partial charge in [-0.05, 0) is 25.8 Å². The van der Waals surface area contributed by atoms with Crippen molar-refractivity contribution in [3.63, 3.8) is 0 Å². The standard InChI is InChI=1S/C14H17NO2/c1-11-3-5-13(6-4-11)7-8-16-10-14-9-12(2)17-15-14/h3-6,9H,7-8,10H2,1-2H3. The first-order chi connectivity index (χ1) is 8.24. The zero-order valence-corrected chi connectivity index (χ0v) is 10.3. The minimum atomic E-state index is 0.517. The average molecular weight is 231 g/mol. The van der Waals surface area contributed by atoms with Gasteiger partial charge in [0.2, 0.25) is 0 Å². The van der Waals surface area contributed by atoms with E-state index in [2.05, 4.69) is 36.3 Å². The quantitative estimate of drug-likeness (QED) is 0.742. The lowest BCUT2D eigenvalue weighted by Gasteiger charge is -2.02. The zero-order chi connectivity index (χ0) is 12.1. The third kappa shape index (κ3) is 3.71. The van der Waals surface area contributed by atoms with Gasteiger partial charge in [-0.3, -0.25) is 0 Å². The fourth-order valence-electron chi connectivity index (χ4n) is 1.61. The van der Waals surface area contributed by atoms with Gasteiger partial charge in [-0.25, -0.2) is 0 Å². The average Bonchev–Trinajstić information content (AvgIpc) is 2.73. The molecule has 1 heterocycles. The molecule has 90 valence electrons. The van der Waals surface area contributed by atoms with Crippen LogP contribution in [-0.4, -0.2) is 11.8 Å². The molecule has 0 spiro atoms. The SMILES string of the molecule is Cc1ccc(CCOCc2cc(C)on2)cc1. The van der Waals surface area contributed by atoms with E-state index in [1.165, 1.54) is 11.1 Å². The van der Waals surface area contributed by atoms with Gasteiger partial charge in [0.15, 0.2) is 0 Å². The number of nitrogens with zero attached hydrogens (tertiary/aromatic N) is 1. The van der Waals surface area contributed by atoms with Crippen molar-refractivity contribution in [1.29, 1.82) is 0 Å². The molecule has 0 atom stereocenters. The molecule has 0 unspecified atom stereocenters. The minimum absolute atomic E-state index is 0.517. The fraction of sp³-hybridized carbons (Fsp3) is 0.357. The van der Waals surface area contributed by atoms with Crippen LogP contribution in [0.3, 0.4) is 0 Å². The Morgan fingerprint density at radius 1 is 1.18 bits per heavy atom. The van der Waals surface area contributed by atoms with Gasteiger partial charge in [0, 0.05) is 6.07 Å². The molecule has 1 aromatic carbocycles. The van der Waals surface area contributed by atoms with Crippen molar-refractivity contribution < 1.29 is 9.26 Å². The Hall–Kier alpha value is -1.61. The molecule has 0 aliphatic rings. The lowest BCUT2D eigenvalue weighted by Crippen LogP contribution is -1.99. The maximum atomic E-state index is 5.54. The third-order valence-corrected chi connectivity index (χ3v) is 2.58. The van der Waals surface area contributed by atoms with Gasteiger partial charge in [-0.15, -0.1) is 0 Å². The number of benzene rings is 1. The summed E-state index contributed by atoms with van der Waals surface area (Å²) in [7, 11) is 0. The predicted octanol–water partition coefficient (Wildman–Crippen LogP) is 3.05. The Bertz CT molecular complexity index is 459. The summed E-state index contributed by atoms with van der Waals surface area (Å²) in [6.45, 7) is 5.19. The van der Waals surface area contributed by atoms with Gasteiger partial charge in [-0.1, -0.05) is 35.0 Å². The van der Waals surface area contributed by atoms with E-state index in [4.69, 9.17) is 9.26 Å². The Morgan fingerprint density at radius 3 is 2.59 bits per heavy atom. The van der Waals surface area contributed by atoms with E-state index in [0.29, 0.717) is 13.2 Å². The van der Waals surface area contributed by atoms with E-state index in [9.17, 15) is 0 Å². The number of hydrogen-bond donors (Lipinski definition) is 0. The predicted molar refractivity (Wildman–Crippen MR) is 65.8 cm³/mol. The van der Waals surface area contributed by atoms with Gasteiger partial charge in [0.25, 0.3) is 0 Å². The van der Waals surface area contributed by atoms with Crippen molar-refractivity contribution in [1.82, 2.24) is 5.16 Å². The summed E-state index contributed by atoms with van der Waals surface area (Å²) >= 11 is 0. The number of ether oxygens (including phenoxy) is 1. The van der Waals surface area contributed by atoms with E-state index < -0.39 is 0 Å². The summed E-state index contributed by atoms with van der Waals surface area (Å²) in [5, 5.41) is 3.87. The smallest absolute Gasteiger partial charge is 0.134 e. The maximum Gasteiger partial charge on any atom is 0.134 e. The molecule has 1 aromatic heterocycles. The summed E-state index contributed by atoms with van der Waals surface area (Å²) in [6.07, 6.45) is 0.928. The van der Waals surface area contributed by atoms with E-state index in [0.717, 1.165) is 17.9 Å². The molecule has 0 saturated heterocycles. The summed E-state index contributed by atoms with van der Waals surface area (Å²) in [5.41, 5.74) is 3.44. The summed E-state index contributed by atoms with van der Waals surface area (Å²) in [6, 6.07) is 10.4. The van der Waals surface area contributed by atoms with E-state index >= 15 is 0 Å². The molecule has 3 nitrogen and oxygen atoms in total. The van der Waals surface area contributed by atoms with Crippen molar-refractivity contribution in [2.24, 2.45) is 0 Å². The second kappa shape index (κ2) is 5.64. The van der Waals surface area contributed by atoms with Crippen LogP contribution in [0.5, 0.6) is 0 Å². The lowest BCUT2D eigenvalue weighted by molar-refractivity contribution is 0.118. The van der Waals surface area contributed by atoms with Crippen molar-refractivity contribution in [2.45, 2.75) is 26.9 Å². The molecule has 3 heteroatoms. The van der Waals surface area contributed by atoms with Gasteiger partial charge in [0.05, 0.1) is 13.2 Å². The van der Waals surface area contributed by atoms with Crippen LogP contribution in [0.25, 0.3) is 0 Å². The highest BCUT2D eigenvalue weighted by Gasteiger charge is 2.00. The Labute approximate surface area is 101 Å². The van der Waals surface area contributed by atoms with Crippen LogP contribution >= 0.6 is 0 Å². The van der Waals surface area contributed by atoms with Gasteiger partial charge in [-0.2, -0.15) is 0 Å². The summed E-state index contributed by atoms with van der Waals surface area (Å²) < 4.78 is 10.5. The second-order valence-electron chi connectivity index (χ2n) is 4.22. The van der Waals surface area contributed by atoms with Crippen LogP contribution in [0, 0.1) is 13.8 Å². The second-order valence-corrected chi connectivity index (χ2v) is 4.22. The number of aromatic nitrogens is 1. The Kier molecular flexibility index (Phi) is 3.94. The van der Waals surface area contributed by atoms with Gasteiger partial charge >= 0.3 is 0 Å². The normalized spacial score (nSPS) is 10.7. The molecular formula is C14H17NO2. The molecule has 2 aromatic rings. The van der Waals surface area contributed by atoms with Crippen LogP contribution in [0.1, 0.15) is 22.6 Å². The molecule has 0 saturated carbocycles. The molecule has 0 radical (unpaired) electrons. The lowest BCUT2D eigenvalue weighted by atomic mass is 10.1.